The average molecular weight is 876 g/mol. The fourth-order valence-corrected chi connectivity index (χ4v) is 10.3. The van der Waals surface area contributed by atoms with E-state index in [-0.39, 0.29) is 49.0 Å². The van der Waals surface area contributed by atoms with Gasteiger partial charge in [-0.15, -0.1) is 0 Å². The van der Waals surface area contributed by atoms with E-state index in [2.05, 4.69) is 5.32 Å². The molecule has 1 fully saturated rings. The second-order valence-corrected chi connectivity index (χ2v) is 19.9. The summed E-state index contributed by atoms with van der Waals surface area (Å²) in [5.74, 6) is -5.34. The lowest BCUT2D eigenvalue weighted by Crippen LogP contribution is -2.56. The van der Waals surface area contributed by atoms with Crippen molar-refractivity contribution in [1.29, 1.82) is 0 Å². The number of phenolic OH excluding ortho intramolecular Hbond substituents is 1. The Morgan fingerprint density at radius 2 is 1.28 bits per heavy atom. The zero-order chi connectivity index (χ0) is 46.6. The Hall–Kier alpha value is -6.08. The number of amides is 2. The normalized spacial score (nSPS) is 22.2. The zero-order valence-corrected chi connectivity index (χ0v) is 37.6. The number of benzene rings is 4. The number of phenols is 1. The molecule has 13 nitrogen and oxygen atoms in total. The van der Waals surface area contributed by atoms with E-state index < -0.39 is 88.2 Å². The van der Waals surface area contributed by atoms with Gasteiger partial charge < -0.3 is 29.2 Å². The van der Waals surface area contributed by atoms with Crippen LogP contribution in [0.1, 0.15) is 113 Å². The van der Waals surface area contributed by atoms with E-state index in [1.807, 2.05) is 48.5 Å². The first-order valence-corrected chi connectivity index (χ1v) is 21.7. The molecule has 1 saturated heterocycles. The first kappa shape index (κ1) is 45.9. The molecule has 13 heteroatoms. The summed E-state index contributed by atoms with van der Waals surface area (Å²) in [5, 5.41) is 24.6. The van der Waals surface area contributed by atoms with Gasteiger partial charge in [-0.2, -0.15) is 0 Å². The van der Waals surface area contributed by atoms with Crippen LogP contribution in [0.3, 0.4) is 0 Å². The minimum absolute atomic E-state index is 0.0847. The Balaban J connectivity index is 1.12. The first-order chi connectivity index (χ1) is 30.0. The molecule has 3 N–H and O–H groups in total. The number of aliphatic hydroxyl groups excluding tert-OH is 1. The summed E-state index contributed by atoms with van der Waals surface area (Å²) in [6.45, 7) is 12.2. The van der Waals surface area contributed by atoms with Crippen LogP contribution in [0.15, 0.2) is 84.9 Å². The molecule has 3 aliphatic carbocycles. The summed E-state index contributed by atoms with van der Waals surface area (Å²) in [6.07, 6.45) is -1.50. The number of carbonyl (C=O) groups excluding carboxylic acids is 6. The fraction of sp³-hybridized carbons (Fsp3) is 0.451. The van der Waals surface area contributed by atoms with Crippen molar-refractivity contribution in [1.82, 2.24) is 5.32 Å². The molecule has 0 radical (unpaired) electrons. The highest BCUT2D eigenvalue weighted by Crippen LogP contribution is 2.63. The van der Waals surface area contributed by atoms with Gasteiger partial charge in [0.25, 0.3) is 0 Å². The van der Waals surface area contributed by atoms with E-state index in [0.717, 1.165) is 27.6 Å². The standard InChI is InChI=1S/C51H57NO12/c1-9-49(7,45(59)63-28-51-36-16-12-10-14-34(36)38(35-15-11-13-17-37(35)51)39-40(51)42(56)52-41(39)55)27-50(8,26-48(5,6)44(58)64-47(2,3)4)46(60)62-25-33(54)24-61-43(57)31-19-18-30-23-32(53)21-20-29(30)22-31/h10-23,33,38-40,53-54H,9,24-28H2,1-8H3,(H,52,55,56). The summed E-state index contributed by atoms with van der Waals surface area (Å²) >= 11 is 0. The maximum Gasteiger partial charge on any atom is 0.338 e. The quantitative estimate of drug-likeness (QED) is 0.0627. The smallest absolute Gasteiger partial charge is 0.338 e. The van der Waals surface area contributed by atoms with Crippen LogP contribution in [0.2, 0.25) is 0 Å². The monoisotopic (exact) mass is 875 g/mol. The molecule has 0 saturated carbocycles. The molecule has 1 heterocycles. The molecule has 4 aromatic carbocycles. The topological polar surface area (TPSA) is 192 Å². The van der Waals surface area contributed by atoms with E-state index in [1.54, 1.807) is 79.7 Å². The molecule has 1 aliphatic heterocycles. The molecule has 5 atom stereocenters. The second-order valence-electron chi connectivity index (χ2n) is 19.9. The number of aromatic hydroxyl groups is 1. The van der Waals surface area contributed by atoms with Crippen molar-refractivity contribution >= 4 is 46.5 Å². The number of esters is 4. The fourth-order valence-electron chi connectivity index (χ4n) is 10.3. The van der Waals surface area contributed by atoms with Gasteiger partial charge in [0.1, 0.15) is 37.3 Å². The SMILES string of the molecule is CCC(C)(CC(C)(CC(C)(C)C(=O)OC(C)(C)C)C(=O)OCC(O)COC(=O)c1ccc2cc(O)ccc2c1)C(=O)OCC12c3ccccc3C(c3ccccc31)C1C(=O)NC(=O)C12. The van der Waals surface area contributed by atoms with Crippen molar-refractivity contribution in [3.8, 4) is 5.75 Å². The van der Waals surface area contributed by atoms with Crippen molar-refractivity contribution in [3.05, 3.63) is 113 Å². The molecular formula is C51H57NO12. The van der Waals surface area contributed by atoms with Gasteiger partial charge in [-0.3, -0.25) is 29.3 Å². The Kier molecular flexibility index (Phi) is 12.1. The largest absolute Gasteiger partial charge is 0.508 e. The third-order valence-electron chi connectivity index (χ3n) is 13.3. The van der Waals surface area contributed by atoms with Crippen molar-refractivity contribution in [2.75, 3.05) is 19.8 Å². The second kappa shape index (κ2) is 16.8. The number of ether oxygens (including phenoxy) is 4. The van der Waals surface area contributed by atoms with Crippen molar-refractivity contribution < 1.29 is 57.9 Å². The van der Waals surface area contributed by atoms with E-state index in [0.29, 0.717) is 5.39 Å². The predicted octanol–water partition coefficient (Wildman–Crippen LogP) is 7.05. The average Bonchev–Trinajstić information content (AvgIpc) is 3.56. The molecule has 5 unspecified atom stereocenters. The van der Waals surface area contributed by atoms with Gasteiger partial charge in [0.15, 0.2) is 0 Å². The number of fused-ring (bicyclic) bond motifs is 1. The Morgan fingerprint density at radius 1 is 0.703 bits per heavy atom. The van der Waals surface area contributed by atoms with Crippen LogP contribution in [-0.2, 0) is 48.3 Å². The molecule has 64 heavy (non-hydrogen) atoms. The number of rotatable bonds is 15. The number of aliphatic hydroxyl groups is 1. The molecule has 2 amide bonds. The summed E-state index contributed by atoms with van der Waals surface area (Å²) < 4.78 is 23.2. The zero-order valence-electron chi connectivity index (χ0n) is 37.6. The van der Waals surface area contributed by atoms with Crippen LogP contribution >= 0.6 is 0 Å². The molecule has 4 aromatic rings. The minimum Gasteiger partial charge on any atom is -0.508 e. The third-order valence-corrected chi connectivity index (χ3v) is 13.3. The minimum atomic E-state index is -1.55. The van der Waals surface area contributed by atoms with Gasteiger partial charge >= 0.3 is 23.9 Å². The molecule has 2 bridgehead atoms. The summed E-state index contributed by atoms with van der Waals surface area (Å²) in [4.78, 5) is 83.0. The third kappa shape index (κ3) is 8.37. The van der Waals surface area contributed by atoms with Crippen molar-refractivity contribution in [2.45, 2.75) is 97.7 Å². The summed E-state index contributed by atoms with van der Waals surface area (Å²) in [6, 6.07) is 24.8. The molecule has 0 spiro atoms. The van der Waals surface area contributed by atoms with Crippen molar-refractivity contribution in [2.24, 2.45) is 28.1 Å². The molecule has 0 aromatic heterocycles. The van der Waals surface area contributed by atoms with Gasteiger partial charge in [0.05, 0.1) is 39.1 Å². The van der Waals surface area contributed by atoms with E-state index in [9.17, 15) is 39.0 Å². The molecule has 338 valence electrons. The van der Waals surface area contributed by atoms with Gasteiger partial charge in [0, 0.05) is 5.92 Å². The lowest BCUT2D eigenvalue weighted by atomic mass is 9.47. The van der Waals surface area contributed by atoms with Gasteiger partial charge in [-0.25, -0.2) is 4.79 Å². The number of nitrogens with one attached hydrogen (secondary N) is 1. The Morgan fingerprint density at radius 3 is 1.91 bits per heavy atom. The molecular weight excluding hydrogens is 819 g/mol. The van der Waals surface area contributed by atoms with Gasteiger partial charge in [0.2, 0.25) is 11.8 Å². The number of hydrogen-bond donors (Lipinski definition) is 3. The highest BCUT2D eigenvalue weighted by molar-refractivity contribution is 6.08. The van der Waals surface area contributed by atoms with Crippen LogP contribution in [0, 0.1) is 28.1 Å². The first-order valence-electron chi connectivity index (χ1n) is 21.7. The number of hydrogen-bond acceptors (Lipinski definition) is 12. The van der Waals surface area contributed by atoms with Crippen molar-refractivity contribution in [3.63, 3.8) is 0 Å². The lowest BCUT2D eigenvalue weighted by Gasteiger charge is -2.54. The number of imide groups is 1. The lowest BCUT2D eigenvalue weighted by molar-refractivity contribution is -0.175. The maximum absolute atomic E-state index is 14.7. The van der Waals surface area contributed by atoms with E-state index >= 15 is 0 Å². The maximum atomic E-state index is 14.7. The van der Waals surface area contributed by atoms with Gasteiger partial charge in [-0.05, 0) is 125 Å². The number of carbonyl (C=O) groups is 6. The summed E-state index contributed by atoms with van der Waals surface area (Å²) in [5.41, 5.74) is -2.57. The Bertz CT molecular complexity index is 2490. The Labute approximate surface area is 372 Å². The van der Waals surface area contributed by atoms with Gasteiger partial charge in [-0.1, -0.05) is 67.6 Å². The van der Waals surface area contributed by atoms with E-state index in [1.165, 1.54) is 12.1 Å². The van der Waals surface area contributed by atoms with Crippen LogP contribution in [-0.4, -0.2) is 77.4 Å². The predicted molar refractivity (Wildman–Crippen MR) is 235 cm³/mol. The van der Waals surface area contributed by atoms with Crippen LogP contribution in [0.4, 0.5) is 0 Å². The van der Waals surface area contributed by atoms with Crippen LogP contribution in [0.25, 0.3) is 10.8 Å². The highest BCUT2D eigenvalue weighted by Gasteiger charge is 2.67. The van der Waals surface area contributed by atoms with E-state index in [4.69, 9.17) is 18.9 Å². The summed E-state index contributed by atoms with van der Waals surface area (Å²) in [7, 11) is 0. The van der Waals surface area contributed by atoms with Crippen LogP contribution < -0.4 is 5.32 Å². The highest BCUT2D eigenvalue weighted by atomic mass is 16.6. The molecule has 4 aliphatic rings. The van der Waals surface area contributed by atoms with Crippen LogP contribution in [0.5, 0.6) is 5.75 Å². The molecule has 8 rings (SSSR count).